The lowest BCUT2D eigenvalue weighted by Gasteiger charge is -2.27. The summed E-state index contributed by atoms with van der Waals surface area (Å²) < 4.78 is 34.4. The number of halogens is 2. The third-order valence-corrected chi connectivity index (χ3v) is 4.93. The summed E-state index contributed by atoms with van der Waals surface area (Å²) in [6, 6.07) is 10.2. The molecule has 1 aromatic carbocycles. The number of nitrogens with zero attached hydrogens (tertiary/aromatic N) is 7. The molecule has 1 saturated heterocycles. The number of nitrogens with two attached hydrogens (primary N) is 1. The van der Waals surface area contributed by atoms with E-state index in [1.54, 1.807) is 36.4 Å². The van der Waals surface area contributed by atoms with Gasteiger partial charge in [-0.15, -0.1) is 0 Å². The van der Waals surface area contributed by atoms with Crippen LogP contribution in [-0.4, -0.2) is 55.8 Å². The van der Waals surface area contributed by atoms with Crippen molar-refractivity contribution in [1.82, 2.24) is 29.5 Å². The van der Waals surface area contributed by atoms with Crippen molar-refractivity contribution in [3.05, 3.63) is 48.4 Å². The molecule has 164 valence electrons. The highest BCUT2D eigenvalue weighted by atomic mass is 19.3. The Labute approximate surface area is 181 Å². The van der Waals surface area contributed by atoms with E-state index < -0.39 is 12.2 Å². The Morgan fingerprint density at radius 3 is 2.50 bits per heavy atom. The van der Waals surface area contributed by atoms with Crippen LogP contribution in [0.5, 0.6) is 0 Å². The zero-order valence-corrected chi connectivity index (χ0v) is 16.8. The molecule has 0 aliphatic carbocycles. The van der Waals surface area contributed by atoms with Gasteiger partial charge >= 0.3 is 0 Å². The predicted molar refractivity (Wildman–Crippen MR) is 114 cm³/mol. The highest BCUT2D eigenvalue weighted by Crippen LogP contribution is 2.28. The number of benzene rings is 1. The topological polar surface area (TPSA) is 120 Å². The molecule has 10 nitrogen and oxygen atoms in total. The number of hydrogen-bond donors (Lipinski definition) is 2. The lowest BCUT2D eigenvalue weighted by Crippen LogP contribution is -2.37. The molecule has 3 N–H and O–H groups in total. The summed E-state index contributed by atoms with van der Waals surface area (Å²) >= 11 is 0. The number of morpholine rings is 1. The first-order chi connectivity index (χ1) is 15.6. The number of ether oxygens (including phenoxy) is 1. The minimum atomic E-state index is -2.82. The number of rotatable bonds is 5. The van der Waals surface area contributed by atoms with Gasteiger partial charge in [-0.2, -0.15) is 15.0 Å². The first-order valence-corrected chi connectivity index (χ1v) is 9.92. The van der Waals surface area contributed by atoms with Gasteiger partial charge in [0.1, 0.15) is 5.82 Å². The Kier molecular flexibility index (Phi) is 5.19. The zero-order chi connectivity index (χ0) is 22.1. The summed E-state index contributed by atoms with van der Waals surface area (Å²) in [5.41, 5.74) is 7.14. The molecule has 0 bridgehead atoms. The lowest BCUT2D eigenvalue weighted by molar-refractivity contribution is 0.122. The van der Waals surface area contributed by atoms with Crippen molar-refractivity contribution in [2.24, 2.45) is 0 Å². The van der Waals surface area contributed by atoms with E-state index in [0.29, 0.717) is 54.8 Å². The minimum absolute atomic E-state index is 0.0383. The maximum absolute atomic E-state index is 13.9. The standard InChI is InChI=1S/C20H19F2N9O/c21-16(22)17-26-13-3-1-2-4-14(13)31(17)20-28-18(25-12-5-6-15(23)24-11-12)27-19(29-20)30-7-9-32-10-8-30/h1-6,11,16H,7-10H2,(H2,23,24)(H,25,27,28,29). The number of para-hydroxylation sites is 2. The van der Waals surface area contributed by atoms with E-state index in [9.17, 15) is 8.78 Å². The summed E-state index contributed by atoms with van der Waals surface area (Å²) in [6.45, 7) is 2.17. The molecule has 1 fully saturated rings. The Bertz CT molecular complexity index is 1240. The Hall–Kier alpha value is -3.93. The third-order valence-electron chi connectivity index (χ3n) is 4.93. The molecular formula is C20H19F2N9O. The van der Waals surface area contributed by atoms with Gasteiger partial charge in [0.2, 0.25) is 17.8 Å². The van der Waals surface area contributed by atoms with Gasteiger partial charge in [0.25, 0.3) is 6.43 Å². The number of hydrogen-bond acceptors (Lipinski definition) is 9. The summed E-state index contributed by atoms with van der Waals surface area (Å²) in [5.74, 6) is 0.498. The molecule has 1 aliphatic heterocycles. The van der Waals surface area contributed by atoms with Crippen molar-refractivity contribution in [3.63, 3.8) is 0 Å². The van der Waals surface area contributed by atoms with E-state index in [0.717, 1.165) is 0 Å². The molecule has 0 radical (unpaired) electrons. The van der Waals surface area contributed by atoms with Crippen LogP contribution in [0.4, 0.5) is 32.2 Å². The van der Waals surface area contributed by atoms with Gasteiger partial charge < -0.3 is 20.7 Å². The summed E-state index contributed by atoms with van der Waals surface area (Å²) in [5, 5.41) is 3.05. The average molecular weight is 439 g/mol. The van der Waals surface area contributed by atoms with Crippen LogP contribution in [-0.2, 0) is 4.74 Å². The monoisotopic (exact) mass is 439 g/mol. The number of nitrogens with one attached hydrogen (secondary N) is 1. The zero-order valence-electron chi connectivity index (χ0n) is 16.8. The number of imidazole rings is 1. The summed E-state index contributed by atoms with van der Waals surface area (Å²) in [6.07, 6.45) is -1.28. The van der Waals surface area contributed by atoms with Crippen LogP contribution >= 0.6 is 0 Å². The quantitative estimate of drug-likeness (QED) is 0.484. The number of nitrogen functional groups attached to an aromatic ring is 1. The van der Waals surface area contributed by atoms with Gasteiger partial charge in [0, 0.05) is 13.1 Å². The minimum Gasteiger partial charge on any atom is -0.384 e. The van der Waals surface area contributed by atoms with Crippen molar-refractivity contribution in [2.45, 2.75) is 6.43 Å². The fourth-order valence-corrected chi connectivity index (χ4v) is 3.42. The van der Waals surface area contributed by atoms with Crippen molar-refractivity contribution < 1.29 is 13.5 Å². The van der Waals surface area contributed by atoms with Gasteiger partial charge in [-0.05, 0) is 24.3 Å². The molecule has 1 aliphatic rings. The van der Waals surface area contributed by atoms with Crippen LogP contribution in [0.25, 0.3) is 17.0 Å². The third kappa shape index (κ3) is 3.87. The molecular weight excluding hydrogens is 420 g/mol. The second-order valence-corrected chi connectivity index (χ2v) is 7.05. The molecule has 0 atom stereocenters. The summed E-state index contributed by atoms with van der Waals surface area (Å²) in [4.78, 5) is 23.5. The van der Waals surface area contributed by atoms with E-state index in [-0.39, 0.29) is 11.9 Å². The van der Waals surface area contributed by atoms with Crippen molar-refractivity contribution in [1.29, 1.82) is 0 Å². The van der Waals surface area contributed by atoms with E-state index in [1.807, 2.05) is 4.90 Å². The van der Waals surface area contributed by atoms with Crippen molar-refractivity contribution >= 4 is 34.4 Å². The van der Waals surface area contributed by atoms with Crippen LogP contribution in [0, 0.1) is 0 Å². The second kappa shape index (κ2) is 8.30. The van der Waals surface area contributed by atoms with Gasteiger partial charge in [-0.3, -0.25) is 4.57 Å². The first-order valence-electron chi connectivity index (χ1n) is 9.92. The van der Waals surface area contributed by atoms with Crippen LogP contribution in [0.2, 0.25) is 0 Å². The lowest BCUT2D eigenvalue weighted by atomic mass is 10.3. The van der Waals surface area contributed by atoms with E-state index >= 15 is 0 Å². The van der Waals surface area contributed by atoms with Crippen molar-refractivity contribution in [3.8, 4) is 5.95 Å². The fraction of sp³-hybridized carbons (Fsp3) is 0.250. The molecule has 0 spiro atoms. The van der Waals surface area contributed by atoms with Gasteiger partial charge in [0.15, 0.2) is 5.82 Å². The number of alkyl halides is 2. The average Bonchev–Trinajstić information content (AvgIpc) is 3.21. The molecule has 5 rings (SSSR count). The fourth-order valence-electron chi connectivity index (χ4n) is 3.42. The van der Waals surface area contributed by atoms with E-state index in [4.69, 9.17) is 10.5 Å². The SMILES string of the molecule is Nc1ccc(Nc2nc(N3CCOCC3)nc(-n3c(C(F)F)nc4ccccc43)n2)cn1. The Morgan fingerprint density at radius 1 is 0.969 bits per heavy atom. The van der Waals surface area contributed by atoms with Crippen LogP contribution in [0.15, 0.2) is 42.6 Å². The Balaban J connectivity index is 1.65. The highest BCUT2D eigenvalue weighted by molar-refractivity contribution is 5.77. The van der Waals surface area contributed by atoms with E-state index in [1.165, 1.54) is 10.8 Å². The van der Waals surface area contributed by atoms with Crippen molar-refractivity contribution in [2.75, 3.05) is 42.3 Å². The molecule has 4 aromatic rings. The van der Waals surface area contributed by atoms with E-state index in [2.05, 4.69) is 30.2 Å². The van der Waals surface area contributed by atoms with Crippen LogP contribution in [0.3, 0.4) is 0 Å². The molecule has 4 heterocycles. The molecule has 0 unspecified atom stereocenters. The predicted octanol–water partition coefficient (Wildman–Crippen LogP) is 2.71. The largest absolute Gasteiger partial charge is 0.384 e. The first kappa shape index (κ1) is 20.0. The molecule has 32 heavy (non-hydrogen) atoms. The van der Waals surface area contributed by atoms with Gasteiger partial charge in [0.05, 0.1) is 36.1 Å². The normalized spacial score (nSPS) is 14.3. The van der Waals surface area contributed by atoms with Crippen LogP contribution in [0.1, 0.15) is 12.2 Å². The number of pyridine rings is 1. The number of aromatic nitrogens is 6. The molecule has 3 aromatic heterocycles. The maximum Gasteiger partial charge on any atom is 0.296 e. The number of anilines is 4. The smallest absolute Gasteiger partial charge is 0.296 e. The van der Waals surface area contributed by atoms with Gasteiger partial charge in [-0.25, -0.2) is 18.7 Å². The maximum atomic E-state index is 13.9. The van der Waals surface area contributed by atoms with Gasteiger partial charge in [-0.1, -0.05) is 12.1 Å². The van der Waals surface area contributed by atoms with Crippen LogP contribution < -0.4 is 16.0 Å². The second-order valence-electron chi connectivity index (χ2n) is 7.05. The summed E-state index contributed by atoms with van der Waals surface area (Å²) in [7, 11) is 0. The molecule has 0 saturated carbocycles. The number of fused-ring (bicyclic) bond motifs is 1. The Morgan fingerprint density at radius 2 is 1.75 bits per heavy atom. The molecule has 0 amide bonds. The highest BCUT2D eigenvalue weighted by Gasteiger charge is 2.24. The molecule has 12 heteroatoms.